The summed E-state index contributed by atoms with van der Waals surface area (Å²) in [6.45, 7) is 6.62. The lowest BCUT2D eigenvalue weighted by atomic mass is 9.93. The molecule has 0 spiro atoms. The Labute approximate surface area is 154 Å². The van der Waals surface area contributed by atoms with Crippen molar-refractivity contribution in [2.45, 2.75) is 25.4 Å². The number of benzene rings is 2. The van der Waals surface area contributed by atoms with Crippen molar-refractivity contribution < 1.29 is 14.6 Å². The first-order valence-corrected chi connectivity index (χ1v) is 8.86. The first-order chi connectivity index (χ1) is 12.4. The number of carbonyl (C=O) groups is 1. The number of nitrogens with zero attached hydrogens (tertiary/aromatic N) is 2. The molecule has 2 aromatic rings. The summed E-state index contributed by atoms with van der Waals surface area (Å²) in [5, 5.41) is 9.51. The second kappa shape index (κ2) is 7.38. The zero-order valence-corrected chi connectivity index (χ0v) is 15.6. The van der Waals surface area contributed by atoms with E-state index in [0.717, 1.165) is 30.9 Å². The van der Waals surface area contributed by atoms with Crippen LogP contribution in [0.3, 0.4) is 0 Å². The molecule has 26 heavy (non-hydrogen) atoms. The largest absolute Gasteiger partial charge is 0.508 e. The van der Waals surface area contributed by atoms with Crippen LogP contribution in [0.5, 0.6) is 5.75 Å². The van der Waals surface area contributed by atoms with E-state index in [1.54, 1.807) is 12.1 Å². The first-order valence-electron chi connectivity index (χ1n) is 8.86. The molecule has 2 aromatic carbocycles. The van der Waals surface area contributed by atoms with Crippen LogP contribution in [0.25, 0.3) is 0 Å². The highest BCUT2D eigenvalue weighted by molar-refractivity contribution is 5.77. The van der Waals surface area contributed by atoms with E-state index in [0.29, 0.717) is 0 Å². The number of hydrogen-bond acceptors (Lipinski definition) is 5. The van der Waals surface area contributed by atoms with Crippen LogP contribution < -0.4 is 4.90 Å². The van der Waals surface area contributed by atoms with Gasteiger partial charge in [0.25, 0.3) is 0 Å². The van der Waals surface area contributed by atoms with E-state index in [1.165, 1.54) is 7.11 Å². The number of carbonyl (C=O) groups excluding carboxylic acids is 1. The van der Waals surface area contributed by atoms with E-state index in [1.807, 2.05) is 42.5 Å². The monoisotopic (exact) mass is 354 g/mol. The van der Waals surface area contributed by atoms with Crippen molar-refractivity contribution in [3.63, 3.8) is 0 Å². The highest BCUT2D eigenvalue weighted by Crippen LogP contribution is 2.34. The van der Waals surface area contributed by atoms with Crippen molar-refractivity contribution in [1.82, 2.24) is 4.90 Å². The molecule has 1 N–H and O–H groups in total. The molecular weight excluding hydrogens is 328 g/mol. The normalized spacial score (nSPS) is 18.3. The number of aromatic hydroxyl groups is 1. The molecule has 0 saturated carbocycles. The van der Waals surface area contributed by atoms with E-state index in [2.05, 4.69) is 23.6 Å². The van der Waals surface area contributed by atoms with E-state index in [-0.39, 0.29) is 17.3 Å². The van der Waals surface area contributed by atoms with Crippen molar-refractivity contribution in [1.29, 1.82) is 0 Å². The number of hydrogen-bond donors (Lipinski definition) is 1. The SMILES string of the molecule is COC(=O)C(c1ccccc1)N1CCN(c2ccc(O)cc2)CC1(C)C. The highest BCUT2D eigenvalue weighted by atomic mass is 16.5. The summed E-state index contributed by atoms with van der Waals surface area (Å²) in [5.41, 5.74) is 1.79. The fourth-order valence-corrected chi connectivity index (χ4v) is 3.72. The number of ether oxygens (including phenoxy) is 1. The molecule has 0 amide bonds. The summed E-state index contributed by atoms with van der Waals surface area (Å²) in [6, 6.07) is 16.6. The zero-order chi connectivity index (χ0) is 18.7. The molecule has 3 rings (SSSR count). The third-order valence-electron chi connectivity index (χ3n) is 5.03. The first kappa shape index (κ1) is 18.3. The predicted octanol–water partition coefficient (Wildman–Crippen LogP) is 3.21. The molecule has 1 unspecified atom stereocenters. The molecule has 5 nitrogen and oxygen atoms in total. The Balaban J connectivity index is 1.86. The molecule has 5 heteroatoms. The van der Waals surface area contributed by atoms with Gasteiger partial charge in [0.1, 0.15) is 11.8 Å². The van der Waals surface area contributed by atoms with Crippen LogP contribution in [0.2, 0.25) is 0 Å². The van der Waals surface area contributed by atoms with Gasteiger partial charge >= 0.3 is 5.97 Å². The third kappa shape index (κ3) is 3.68. The molecule has 0 aromatic heterocycles. The van der Waals surface area contributed by atoms with Gasteiger partial charge in [0.2, 0.25) is 0 Å². The Bertz CT molecular complexity index is 744. The van der Waals surface area contributed by atoms with Gasteiger partial charge < -0.3 is 14.7 Å². The Morgan fingerprint density at radius 1 is 1.08 bits per heavy atom. The minimum Gasteiger partial charge on any atom is -0.508 e. The smallest absolute Gasteiger partial charge is 0.327 e. The second-order valence-corrected chi connectivity index (χ2v) is 7.28. The lowest BCUT2D eigenvalue weighted by Crippen LogP contribution is -2.61. The quantitative estimate of drug-likeness (QED) is 0.855. The van der Waals surface area contributed by atoms with Crippen LogP contribution in [0.1, 0.15) is 25.5 Å². The second-order valence-electron chi connectivity index (χ2n) is 7.28. The molecule has 1 heterocycles. The number of piperazine rings is 1. The molecule has 1 aliphatic heterocycles. The van der Waals surface area contributed by atoms with E-state index < -0.39 is 6.04 Å². The average Bonchev–Trinajstić information content (AvgIpc) is 2.64. The molecule has 1 atom stereocenters. The molecular formula is C21H26N2O3. The van der Waals surface area contributed by atoms with Gasteiger partial charge in [0.05, 0.1) is 7.11 Å². The minimum atomic E-state index is -0.418. The summed E-state index contributed by atoms with van der Waals surface area (Å²) in [6.07, 6.45) is 0. The van der Waals surface area contributed by atoms with E-state index in [4.69, 9.17) is 4.74 Å². The van der Waals surface area contributed by atoms with Crippen molar-refractivity contribution in [3.05, 3.63) is 60.2 Å². The minimum absolute atomic E-state index is 0.231. The molecule has 0 bridgehead atoms. The van der Waals surface area contributed by atoms with Gasteiger partial charge in [0.15, 0.2) is 0 Å². The number of methoxy groups -OCH3 is 1. The number of esters is 1. The number of phenolic OH excluding ortho intramolecular Hbond substituents is 1. The maximum absolute atomic E-state index is 12.6. The molecule has 1 aliphatic rings. The summed E-state index contributed by atoms with van der Waals surface area (Å²) in [7, 11) is 1.44. The van der Waals surface area contributed by atoms with Crippen molar-refractivity contribution in [2.75, 3.05) is 31.6 Å². The summed E-state index contributed by atoms with van der Waals surface area (Å²) < 4.78 is 5.12. The Morgan fingerprint density at radius 2 is 1.73 bits per heavy atom. The number of phenols is 1. The zero-order valence-electron chi connectivity index (χ0n) is 15.6. The number of rotatable bonds is 4. The van der Waals surface area contributed by atoms with Crippen LogP contribution in [-0.2, 0) is 9.53 Å². The summed E-state index contributed by atoms with van der Waals surface area (Å²) >= 11 is 0. The van der Waals surface area contributed by atoms with Gasteiger partial charge in [0, 0.05) is 30.9 Å². The molecule has 0 aliphatic carbocycles. The van der Waals surface area contributed by atoms with Crippen LogP contribution in [-0.4, -0.2) is 48.3 Å². The highest BCUT2D eigenvalue weighted by Gasteiger charge is 2.41. The van der Waals surface area contributed by atoms with E-state index in [9.17, 15) is 9.90 Å². The lowest BCUT2D eigenvalue weighted by molar-refractivity contribution is -0.150. The Kier molecular flexibility index (Phi) is 5.18. The standard InChI is InChI=1S/C21H26N2O3/c1-21(2)15-22(17-9-11-18(24)12-10-17)13-14-23(21)19(20(25)26-3)16-7-5-4-6-8-16/h4-12,19,24H,13-15H2,1-3H3. The van der Waals surface area contributed by atoms with Crippen molar-refractivity contribution in [2.24, 2.45) is 0 Å². The lowest BCUT2D eigenvalue weighted by Gasteiger charge is -2.50. The van der Waals surface area contributed by atoms with E-state index >= 15 is 0 Å². The Morgan fingerprint density at radius 3 is 2.31 bits per heavy atom. The predicted molar refractivity (Wildman–Crippen MR) is 102 cm³/mol. The van der Waals surface area contributed by atoms with Gasteiger partial charge in [-0.1, -0.05) is 30.3 Å². The summed E-state index contributed by atoms with van der Waals surface area (Å²) in [5.74, 6) is 0.0313. The molecule has 0 radical (unpaired) electrons. The van der Waals surface area contributed by atoms with Gasteiger partial charge in [-0.3, -0.25) is 4.90 Å². The Hall–Kier alpha value is -2.53. The van der Waals surface area contributed by atoms with Crippen molar-refractivity contribution >= 4 is 11.7 Å². The maximum atomic E-state index is 12.6. The molecule has 1 saturated heterocycles. The van der Waals surface area contributed by atoms with Crippen LogP contribution in [0.4, 0.5) is 5.69 Å². The maximum Gasteiger partial charge on any atom is 0.327 e. The third-order valence-corrected chi connectivity index (χ3v) is 5.03. The average molecular weight is 354 g/mol. The van der Waals surface area contributed by atoms with Crippen LogP contribution >= 0.6 is 0 Å². The summed E-state index contributed by atoms with van der Waals surface area (Å²) in [4.78, 5) is 17.1. The van der Waals surface area contributed by atoms with Crippen molar-refractivity contribution in [3.8, 4) is 5.75 Å². The van der Waals surface area contributed by atoms with Gasteiger partial charge in [-0.15, -0.1) is 0 Å². The fraction of sp³-hybridized carbons (Fsp3) is 0.381. The van der Waals surface area contributed by atoms with Gasteiger partial charge in [-0.25, -0.2) is 4.79 Å². The molecule has 138 valence electrons. The van der Waals surface area contributed by atoms with Gasteiger partial charge in [-0.2, -0.15) is 0 Å². The topological polar surface area (TPSA) is 53.0 Å². The fourth-order valence-electron chi connectivity index (χ4n) is 3.72. The number of anilines is 1. The molecule has 1 fully saturated rings. The van der Waals surface area contributed by atoms with Crippen LogP contribution in [0.15, 0.2) is 54.6 Å². The van der Waals surface area contributed by atoms with Gasteiger partial charge in [-0.05, 0) is 43.7 Å². The van der Waals surface area contributed by atoms with Crippen LogP contribution in [0, 0.1) is 0 Å².